The zero-order valence-electron chi connectivity index (χ0n) is 25.3. The summed E-state index contributed by atoms with van der Waals surface area (Å²) in [7, 11) is 0.511. The minimum absolute atomic E-state index is 0.00140. The summed E-state index contributed by atoms with van der Waals surface area (Å²) in [6.45, 7) is 14.2. The number of phenols is 1. The summed E-state index contributed by atoms with van der Waals surface area (Å²) in [5.41, 5.74) is -0.662. The molecule has 0 radical (unpaired) electrons. The van der Waals surface area contributed by atoms with Gasteiger partial charge in [0.15, 0.2) is 0 Å². The molecular formula is C30H41BN2O8. The normalized spacial score (nSPS) is 17.3. The number of carbonyl (C=O) groups is 3. The van der Waals surface area contributed by atoms with Crippen LogP contribution in [0.4, 0.5) is 4.79 Å². The van der Waals surface area contributed by atoms with Crippen molar-refractivity contribution in [1.82, 2.24) is 10.2 Å². The lowest BCUT2D eigenvalue weighted by Crippen LogP contribution is -2.48. The highest BCUT2D eigenvalue weighted by Gasteiger charge is 2.52. The number of ether oxygens (including phenoxy) is 2. The van der Waals surface area contributed by atoms with Crippen LogP contribution in [-0.4, -0.2) is 65.0 Å². The maximum atomic E-state index is 13.7. The van der Waals surface area contributed by atoms with Crippen molar-refractivity contribution in [2.75, 3.05) is 7.05 Å². The van der Waals surface area contributed by atoms with Crippen molar-refractivity contribution in [1.29, 1.82) is 0 Å². The summed E-state index contributed by atoms with van der Waals surface area (Å²) in [4.78, 5) is 40.6. The first-order valence-electron chi connectivity index (χ1n) is 13.6. The average molecular weight is 568 g/mol. The number of nitrogens with zero attached hydrogens (tertiary/aromatic N) is 1. The molecule has 1 saturated heterocycles. The molecule has 2 atom stereocenters. The molecule has 41 heavy (non-hydrogen) atoms. The minimum atomic E-state index is -1.23. The number of aromatic hydroxyl groups is 1. The van der Waals surface area contributed by atoms with Crippen molar-refractivity contribution in [3.63, 3.8) is 0 Å². The quantitative estimate of drug-likeness (QED) is 0.364. The molecule has 11 heteroatoms. The van der Waals surface area contributed by atoms with E-state index < -0.39 is 54.0 Å². The molecule has 2 aromatic carbocycles. The van der Waals surface area contributed by atoms with Crippen LogP contribution in [-0.2, 0) is 35.0 Å². The maximum Gasteiger partial charge on any atom is 0.498 e. The molecule has 0 unspecified atom stereocenters. The van der Waals surface area contributed by atoms with E-state index in [2.05, 4.69) is 5.32 Å². The van der Waals surface area contributed by atoms with Crippen LogP contribution in [0, 0.1) is 0 Å². The van der Waals surface area contributed by atoms with Gasteiger partial charge < -0.3 is 29.2 Å². The van der Waals surface area contributed by atoms with Gasteiger partial charge in [-0.25, -0.2) is 9.59 Å². The second kappa shape index (κ2) is 12.1. The summed E-state index contributed by atoms with van der Waals surface area (Å²) < 4.78 is 23.1. The molecule has 1 heterocycles. The third kappa shape index (κ3) is 7.80. The fourth-order valence-corrected chi connectivity index (χ4v) is 4.12. The number of rotatable bonds is 8. The number of phenolic OH excluding ortho intramolecular Hbond substituents is 1. The Labute approximate surface area is 242 Å². The standard InChI is InChI=1S/C30H41BN2O8/c1-19(26(36)39-28(2,3)4)32-25(35)24(33(9)27(37)38-18-20-13-11-10-12-14-20)21-15-16-23(34)22(17-21)31-40-29(5,6)30(7,8)41-31/h10-17,19,24,34H,18H2,1-9H3,(H,32,35)/t19-,24-/m0/s1. The van der Waals surface area contributed by atoms with Crippen LogP contribution in [0.25, 0.3) is 0 Å². The van der Waals surface area contributed by atoms with Gasteiger partial charge in [0.2, 0.25) is 5.91 Å². The number of hydrogen-bond acceptors (Lipinski definition) is 8. The molecular weight excluding hydrogens is 527 g/mol. The predicted molar refractivity (Wildman–Crippen MR) is 154 cm³/mol. The van der Waals surface area contributed by atoms with E-state index >= 15 is 0 Å². The van der Waals surface area contributed by atoms with E-state index in [1.54, 1.807) is 26.8 Å². The summed E-state index contributed by atoms with van der Waals surface area (Å²) in [5, 5.41) is 13.4. The number of hydrogen-bond donors (Lipinski definition) is 2. The Hall–Kier alpha value is -3.57. The molecule has 0 spiro atoms. The van der Waals surface area contributed by atoms with Crippen molar-refractivity contribution in [2.45, 2.75) is 90.9 Å². The van der Waals surface area contributed by atoms with Crippen molar-refractivity contribution in [2.24, 2.45) is 0 Å². The van der Waals surface area contributed by atoms with E-state index in [1.165, 1.54) is 26.1 Å². The topological polar surface area (TPSA) is 124 Å². The minimum Gasteiger partial charge on any atom is -0.508 e. The molecule has 3 rings (SSSR count). The molecule has 0 saturated carbocycles. The number of nitrogens with one attached hydrogen (secondary N) is 1. The van der Waals surface area contributed by atoms with E-state index in [1.807, 2.05) is 58.0 Å². The Kier molecular flexibility index (Phi) is 9.45. The molecule has 1 aliphatic heterocycles. The molecule has 1 fully saturated rings. The molecule has 10 nitrogen and oxygen atoms in total. The molecule has 2 N–H and O–H groups in total. The first-order valence-corrected chi connectivity index (χ1v) is 13.6. The SMILES string of the molecule is C[C@H](NC(=O)[C@H](c1ccc(O)c(B2OC(C)(C)C(C)(C)O2)c1)N(C)C(=O)OCc1ccccc1)C(=O)OC(C)(C)C. The highest BCUT2D eigenvalue weighted by atomic mass is 16.7. The van der Waals surface area contributed by atoms with Crippen molar-refractivity contribution >= 4 is 30.6 Å². The summed E-state index contributed by atoms with van der Waals surface area (Å²) >= 11 is 0. The predicted octanol–water partition coefficient (Wildman–Crippen LogP) is 3.85. The Bertz CT molecular complexity index is 1240. The zero-order chi connectivity index (χ0) is 30.8. The van der Waals surface area contributed by atoms with Gasteiger partial charge in [0, 0.05) is 12.5 Å². The lowest BCUT2D eigenvalue weighted by atomic mass is 9.77. The van der Waals surface area contributed by atoms with Crippen LogP contribution in [0.5, 0.6) is 5.75 Å². The molecule has 2 aromatic rings. The van der Waals surface area contributed by atoms with Gasteiger partial charge in [-0.2, -0.15) is 0 Å². The Morgan fingerprint density at radius 3 is 2.17 bits per heavy atom. The van der Waals surface area contributed by atoms with Crippen LogP contribution >= 0.6 is 0 Å². The highest BCUT2D eigenvalue weighted by molar-refractivity contribution is 6.63. The van der Waals surface area contributed by atoms with E-state index in [-0.39, 0.29) is 12.4 Å². The largest absolute Gasteiger partial charge is 0.508 e. The van der Waals surface area contributed by atoms with Gasteiger partial charge in [-0.1, -0.05) is 42.5 Å². The molecule has 1 aliphatic rings. The van der Waals surface area contributed by atoms with Crippen LogP contribution in [0.3, 0.4) is 0 Å². The number of amides is 2. The van der Waals surface area contributed by atoms with Crippen LogP contribution < -0.4 is 10.8 Å². The second-order valence-corrected chi connectivity index (χ2v) is 12.2. The molecule has 0 aliphatic carbocycles. The molecule has 0 aromatic heterocycles. The van der Waals surface area contributed by atoms with Gasteiger partial charge >= 0.3 is 19.2 Å². The Morgan fingerprint density at radius 1 is 1.02 bits per heavy atom. The fourth-order valence-electron chi connectivity index (χ4n) is 4.12. The first-order chi connectivity index (χ1) is 18.9. The summed E-state index contributed by atoms with van der Waals surface area (Å²) in [6.07, 6.45) is -0.760. The summed E-state index contributed by atoms with van der Waals surface area (Å²) in [6, 6.07) is 11.4. The Balaban J connectivity index is 1.93. The van der Waals surface area contributed by atoms with Gasteiger partial charge in [-0.15, -0.1) is 0 Å². The first kappa shape index (κ1) is 32.0. The molecule has 2 amide bonds. The molecule has 222 valence electrons. The Morgan fingerprint density at radius 2 is 1.61 bits per heavy atom. The average Bonchev–Trinajstić information content (AvgIpc) is 3.09. The third-order valence-corrected chi connectivity index (χ3v) is 7.12. The highest BCUT2D eigenvalue weighted by Crippen LogP contribution is 2.37. The van der Waals surface area contributed by atoms with Gasteiger partial charge in [0.1, 0.15) is 30.0 Å². The van der Waals surface area contributed by atoms with Crippen molar-refractivity contribution in [3.8, 4) is 5.75 Å². The van der Waals surface area contributed by atoms with Gasteiger partial charge in [0.05, 0.1) is 11.2 Å². The smallest absolute Gasteiger partial charge is 0.498 e. The number of esters is 1. The van der Waals surface area contributed by atoms with Gasteiger partial charge in [0.25, 0.3) is 0 Å². The number of benzene rings is 2. The second-order valence-electron chi connectivity index (χ2n) is 12.2. The van der Waals surface area contributed by atoms with Crippen LogP contribution in [0.2, 0.25) is 0 Å². The zero-order valence-corrected chi connectivity index (χ0v) is 25.3. The van der Waals surface area contributed by atoms with Gasteiger partial charge in [-0.05, 0) is 72.6 Å². The maximum absolute atomic E-state index is 13.7. The molecule has 0 bridgehead atoms. The fraction of sp³-hybridized carbons (Fsp3) is 0.500. The van der Waals surface area contributed by atoms with E-state index in [0.717, 1.165) is 10.5 Å². The lowest BCUT2D eigenvalue weighted by molar-refractivity contribution is -0.158. The third-order valence-electron chi connectivity index (χ3n) is 7.12. The van der Waals surface area contributed by atoms with Crippen LogP contribution in [0.1, 0.15) is 72.6 Å². The van der Waals surface area contributed by atoms with Crippen molar-refractivity contribution < 1.29 is 38.3 Å². The number of carbonyl (C=O) groups excluding carboxylic acids is 3. The van der Waals surface area contributed by atoms with E-state index in [9.17, 15) is 19.5 Å². The van der Waals surface area contributed by atoms with E-state index in [0.29, 0.717) is 11.0 Å². The number of likely N-dealkylation sites (N-methyl/N-ethyl adjacent to an activating group) is 1. The van der Waals surface area contributed by atoms with E-state index in [4.69, 9.17) is 18.8 Å². The van der Waals surface area contributed by atoms with Crippen LogP contribution in [0.15, 0.2) is 48.5 Å². The summed E-state index contributed by atoms with van der Waals surface area (Å²) in [5.74, 6) is -1.36. The lowest BCUT2D eigenvalue weighted by Gasteiger charge is -2.32. The van der Waals surface area contributed by atoms with Crippen molar-refractivity contribution in [3.05, 3.63) is 59.7 Å². The monoisotopic (exact) mass is 568 g/mol. The van der Waals surface area contributed by atoms with Gasteiger partial charge in [-0.3, -0.25) is 9.69 Å².